The van der Waals surface area contributed by atoms with Gasteiger partial charge in [-0.05, 0) is 32.4 Å². The second-order valence-corrected chi connectivity index (χ2v) is 7.80. The summed E-state index contributed by atoms with van der Waals surface area (Å²) in [6, 6.07) is 11.7. The van der Waals surface area contributed by atoms with Gasteiger partial charge in [0.15, 0.2) is 11.3 Å². The molecule has 10 nitrogen and oxygen atoms in total. The van der Waals surface area contributed by atoms with E-state index in [2.05, 4.69) is 36.6 Å². The smallest absolute Gasteiger partial charge is 0.278 e. The maximum atomic E-state index is 12.8. The molecule has 33 heavy (non-hydrogen) atoms. The molecule has 1 amide bonds. The molecule has 0 aliphatic heterocycles. The summed E-state index contributed by atoms with van der Waals surface area (Å²) in [5.41, 5.74) is 5.86. The molecule has 5 aromatic rings. The Balaban J connectivity index is 1.37. The number of hydrogen-bond acceptors (Lipinski definition) is 6. The number of nitrogens with one attached hydrogen (secondary N) is 1. The normalized spacial score (nSPS) is 11.2. The van der Waals surface area contributed by atoms with Crippen molar-refractivity contribution in [2.24, 2.45) is 0 Å². The SMILES string of the molecule is CCn1ncc(-c2ccnc3cc(C(=O)Nc4ncn(Cc5cccc(C)c5)n4)nn23)c1C. The number of hydrogen-bond donors (Lipinski definition) is 1. The van der Waals surface area contributed by atoms with Crippen molar-refractivity contribution in [3.05, 3.63) is 77.6 Å². The minimum Gasteiger partial charge on any atom is -0.288 e. The number of rotatable bonds is 6. The highest BCUT2D eigenvalue weighted by Crippen LogP contribution is 2.23. The molecule has 0 bridgehead atoms. The lowest BCUT2D eigenvalue weighted by atomic mass is 10.1. The van der Waals surface area contributed by atoms with E-state index in [1.807, 2.05) is 49.7 Å². The van der Waals surface area contributed by atoms with Gasteiger partial charge in [0.1, 0.15) is 6.33 Å². The van der Waals surface area contributed by atoms with Crippen molar-refractivity contribution >= 4 is 17.5 Å². The molecule has 0 atom stereocenters. The number of aromatic nitrogens is 8. The number of carbonyl (C=O) groups is 1. The van der Waals surface area contributed by atoms with Crippen LogP contribution in [-0.2, 0) is 13.1 Å². The van der Waals surface area contributed by atoms with Crippen LogP contribution in [0.3, 0.4) is 0 Å². The molecular weight excluding hydrogens is 418 g/mol. The van der Waals surface area contributed by atoms with Crippen molar-refractivity contribution in [3.63, 3.8) is 0 Å². The van der Waals surface area contributed by atoms with Gasteiger partial charge in [-0.15, -0.1) is 5.10 Å². The van der Waals surface area contributed by atoms with Crippen molar-refractivity contribution in [1.82, 2.24) is 39.1 Å². The molecule has 0 saturated carbocycles. The molecular formula is C23H23N9O. The molecule has 5 rings (SSSR count). The third-order valence-electron chi connectivity index (χ3n) is 5.46. The van der Waals surface area contributed by atoms with Gasteiger partial charge in [-0.25, -0.2) is 19.2 Å². The molecule has 0 aliphatic rings. The van der Waals surface area contributed by atoms with Gasteiger partial charge in [-0.3, -0.25) is 14.8 Å². The average Bonchev–Trinajstić information content (AvgIpc) is 3.52. The minimum atomic E-state index is -0.402. The van der Waals surface area contributed by atoms with E-state index in [9.17, 15) is 4.79 Å². The largest absolute Gasteiger partial charge is 0.288 e. The lowest BCUT2D eigenvalue weighted by Crippen LogP contribution is -2.14. The summed E-state index contributed by atoms with van der Waals surface area (Å²) in [7, 11) is 0. The van der Waals surface area contributed by atoms with Gasteiger partial charge >= 0.3 is 0 Å². The molecule has 1 N–H and O–H groups in total. The van der Waals surface area contributed by atoms with Gasteiger partial charge in [-0.2, -0.15) is 10.2 Å². The highest BCUT2D eigenvalue weighted by Gasteiger charge is 2.17. The molecule has 1 aromatic carbocycles. The van der Waals surface area contributed by atoms with E-state index >= 15 is 0 Å². The highest BCUT2D eigenvalue weighted by atomic mass is 16.2. The van der Waals surface area contributed by atoms with E-state index in [1.165, 1.54) is 5.56 Å². The molecule has 0 unspecified atom stereocenters. The molecule has 0 aliphatic carbocycles. The number of carbonyl (C=O) groups excluding carboxylic acids is 1. The summed E-state index contributed by atoms with van der Waals surface area (Å²) < 4.78 is 5.25. The topological polar surface area (TPSA) is 108 Å². The standard InChI is InChI=1S/C23H23N9O/c1-4-31-16(3)18(12-26-31)20-8-9-24-21-11-19(28-32(20)21)22(33)27-23-25-14-30(29-23)13-17-7-5-6-15(2)10-17/h5-12,14H,4,13H2,1-3H3,(H,27,29,33). The number of nitrogens with zero attached hydrogens (tertiary/aromatic N) is 8. The summed E-state index contributed by atoms with van der Waals surface area (Å²) in [4.78, 5) is 21.4. The van der Waals surface area contributed by atoms with Crippen LogP contribution < -0.4 is 5.32 Å². The van der Waals surface area contributed by atoms with Crippen LogP contribution in [0.25, 0.3) is 16.9 Å². The molecule has 4 heterocycles. The second-order valence-electron chi connectivity index (χ2n) is 7.80. The molecule has 0 radical (unpaired) electrons. The third-order valence-corrected chi connectivity index (χ3v) is 5.46. The summed E-state index contributed by atoms with van der Waals surface area (Å²) >= 11 is 0. The van der Waals surface area contributed by atoms with Crippen molar-refractivity contribution in [2.75, 3.05) is 5.32 Å². The van der Waals surface area contributed by atoms with Gasteiger partial charge in [0.25, 0.3) is 5.91 Å². The van der Waals surface area contributed by atoms with E-state index in [-0.39, 0.29) is 11.6 Å². The maximum Gasteiger partial charge on any atom is 0.278 e. The number of fused-ring (bicyclic) bond motifs is 1. The number of benzene rings is 1. The Labute approximate surface area is 189 Å². The Morgan fingerprint density at radius 2 is 1.97 bits per heavy atom. The van der Waals surface area contributed by atoms with E-state index in [0.29, 0.717) is 12.2 Å². The number of amides is 1. The maximum absolute atomic E-state index is 12.8. The van der Waals surface area contributed by atoms with Crippen LogP contribution in [0.2, 0.25) is 0 Å². The Bertz CT molecular complexity index is 1460. The summed E-state index contributed by atoms with van der Waals surface area (Å²) in [5, 5.41) is 16.0. The fraction of sp³-hybridized carbons (Fsp3) is 0.217. The predicted octanol–water partition coefficient (Wildman–Crippen LogP) is 3.12. The zero-order valence-corrected chi connectivity index (χ0v) is 18.6. The van der Waals surface area contributed by atoms with Gasteiger partial charge in [-0.1, -0.05) is 29.8 Å². The summed E-state index contributed by atoms with van der Waals surface area (Å²) in [5.74, 6) is -0.182. The molecule has 0 saturated heterocycles. The fourth-order valence-electron chi connectivity index (χ4n) is 3.82. The molecule has 0 fully saturated rings. The van der Waals surface area contributed by atoms with Crippen LogP contribution in [-0.4, -0.2) is 45.1 Å². The quantitative estimate of drug-likeness (QED) is 0.434. The second kappa shape index (κ2) is 8.30. The van der Waals surface area contributed by atoms with Gasteiger partial charge in [0.05, 0.1) is 18.4 Å². The monoisotopic (exact) mass is 441 g/mol. The first-order valence-electron chi connectivity index (χ1n) is 10.7. The van der Waals surface area contributed by atoms with Crippen LogP contribution in [0, 0.1) is 13.8 Å². The molecule has 4 aromatic heterocycles. The third kappa shape index (κ3) is 3.98. The summed E-state index contributed by atoms with van der Waals surface area (Å²) in [6.45, 7) is 7.43. The van der Waals surface area contributed by atoms with Crippen LogP contribution in [0.1, 0.15) is 34.2 Å². The minimum absolute atomic E-state index is 0.220. The van der Waals surface area contributed by atoms with Crippen LogP contribution >= 0.6 is 0 Å². The van der Waals surface area contributed by atoms with E-state index in [0.717, 1.165) is 29.1 Å². The zero-order valence-electron chi connectivity index (χ0n) is 18.6. The number of aryl methyl sites for hydroxylation is 2. The zero-order chi connectivity index (χ0) is 22.9. The predicted molar refractivity (Wildman–Crippen MR) is 123 cm³/mol. The van der Waals surface area contributed by atoms with Gasteiger partial charge < -0.3 is 0 Å². The Morgan fingerprint density at radius 1 is 1.09 bits per heavy atom. The van der Waals surface area contributed by atoms with Gasteiger partial charge in [0, 0.05) is 30.1 Å². The molecule has 166 valence electrons. The van der Waals surface area contributed by atoms with E-state index in [1.54, 1.807) is 34.0 Å². The Morgan fingerprint density at radius 3 is 2.76 bits per heavy atom. The molecule has 10 heteroatoms. The lowest BCUT2D eigenvalue weighted by molar-refractivity contribution is 0.102. The van der Waals surface area contributed by atoms with E-state index < -0.39 is 5.91 Å². The highest BCUT2D eigenvalue weighted by molar-refractivity contribution is 6.02. The summed E-state index contributed by atoms with van der Waals surface area (Å²) in [6.07, 6.45) is 5.10. The van der Waals surface area contributed by atoms with Gasteiger partial charge in [0.2, 0.25) is 5.95 Å². The lowest BCUT2D eigenvalue weighted by Gasteiger charge is -2.04. The van der Waals surface area contributed by atoms with Crippen LogP contribution in [0.4, 0.5) is 5.95 Å². The van der Waals surface area contributed by atoms with Crippen molar-refractivity contribution in [3.8, 4) is 11.3 Å². The first-order valence-corrected chi connectivity index (χ1v) is 10.7. The first-order chi connectivity index (χ1) is 16.0. The molecule has 0 spiro atoms. The Kier molecular flexibility index (Phi) is 5.17. The van der Waals surface area contributed by atoms with E-state index in [4.69, 9.17) is 0 Å². The first kappa shape index (κ1) is 20.6. The van der Waals surface area contributed by atoms with Crippen molar-refractivity contribution in [1.29, 1.82) is 0 Å². The van der Waals surface area contributed by atoms with Crippen LogP contribution in [0.15, 0.2) is 55.1 Å². The average molecular weight is 441 g/mol. The fourth-order valence-corrected chi connectivity index (χ4v) is 3.82. The van der Waals surface area contributed by atoms with Crippen molar-refractivity contribution in [2.45, 2.75) is 33.9 Å². The van der Waals surface area contributed by atoms with Crippen molar-refractivity contribution < 1.29 is 4.79 Å². The number of anilines is 1. The van der Waals surface area contributed by atoms with Crippen LogP contribution in [0.5, 0.6) is 0 Å². The Hall–Kier alpha value is -4.34.